The highest BCUT2D eigenvalue weighted by molar-refractivity contribution is 5.98. The minimum atomic E-state index is -0.551. The lowest BCUT2D eigenvalue weighted by Gasteiger charge is -2.13. The number of ether oxygens (including phenoxy) is 4. The van der Waals surface area contributed by atoms with Gasteiger partial charge in [0.25, 0.3) is 0 Å². The van der Waals surface area contributed by atoms with Crippen molar-refractivity contribution in [1.29, 1.82) is 0 Å². The number of hydrogen-bond donors (Lipinski definition) is 1. The summed E-state index contributed by atoms with van der Waals surface area (Å²) in [6.45, 7) is 6.25. The molecule has 0 bridgehead atoms. The lowest BCUT2D eigenvalue weighted by molar-refractivity contribution is -0.128. The summed E-state index contributed by atoms with van der Waals surface area (Å²) in [5.74, 6) is 0.324. The highest BCUT2D eigenvalue weighted by Crippen LogP contribution is 2.29. The number of aliphatic hydroxyl groups excluding tert-OH is 1. The van der Waals surface area contributed by atoms with Gasteiger partial charge < -0.3 is 24.1 Å². The van der Waals surface area contributed by atoms with Crippen molar-refractivity contribution in [2.75, 3.05) is 13.2 Å². The quantitative estimate of drug-likeness (QED) is 0.0523. The molecule has 0 saturated carbocycles. The second-order valence-electron chi connectivity index (χ2n) is 11.4. The van der Waals surface area contributed by atoms with E-state index in [-0.39, 0.29) is 6.61 Å². The van der Waals surface area contributed by atoms with E-state index in [1.807, 2.05) is 31.2 Å². The maximum atomic E-state index is 13.1. The van der Waals surface area contributed by atoms with Crippen molar-refractivity contribution in [3.63, 3.8) is 0 Å². The molecule has 0 heterocycles. The molecule has 246 valence electrons. The van der Waals surface area contributed by atoms with Crippen LogP contribution in [0.2, 0.25) is 0 Å². The van der Waals surface area contributed by atoms with Gasteiger partial charge in [0.2, 0.25) is 0 Å². The van der Waals surface area contributed by atoms with Crippen LogP contribution in [0.4, 0.5) is 0 Å². The van der Waals surface area contributed by atoms with Gasteiger partial charge in [-0.25, -0.2) is 14.4 Å². The Bertz CT molecular complexity index is 1940. The first-order chi connectivity index (χ1) is 23.4. The number of fused-ring (bicyclic) bond motifs is 2. The molecule has 0 amide bonds. The highest BCUT2D eigenvalue weighted by atomic mass is 16.5. The Kier molecular flexibility index (Phi) is 11.6. The van der Waals surface area contributed by atoms with Crippen LogP contribution in [0.25, 0.3) is 21.5 Å². The van der Waals surface area contributed by atoms with Crippen molar-refractivity contribution in [3.8, 4) is 23.0 Å². The van der Waals surface area contributed by atoms with E-state index < -0.39 is 17.9 Å². The normalized spacial score (nSPS) is 10.9. The molecule has 0 saturated heterocycles. The molecule has 1 N–H and O–H groups in total. The summed E-state index contributed by atoms with van der Waals surface area (Å²) in [5, 5.41) is 12.3. The van der Waals surface area contributed by atoms with Gasteiger partial charge in [0.05, 0.1) is 17.7 Å². The Morgan fingerprint density at radius 3 is 1.88 bits per heavy atom. The lowest BCUT2D eigenvalue weighted by Crippen LogP contribution is -2.11. The highest BCUT2D eigenvalue weighted by Gasteiger charge is 2.16. The summed E-state index contributed by atoms with van der Waals surface area (Å²) in [6.07, 6.45) is 6.24. The minimum Gasteiger partial charge on any atom is -0.494 e. The van der Waals surface area contributed by atoms with Crippen LogP contribution < -0.4 is 18.9 Å². The molecule has 0 unspecified atom stereocenters. The van der Waals surface area contributed by atoms with Crippen molar-refractivity contribution in [2.45, 2.75) is 45.4 Å². The van der Waals surface area contributed by atoms with Gasteiger partial charge >= 0.3 is 17.9 Å². The number of aliphatic hydroxyl groups is 1. The number of esters is 3. The molecule has 0 aliphatic rings. The van der Waals surface area contributed by atoms with Gasteiger partial charge in [-0.3, -0.25) is 0 Å². The average Bonchev–Trinajstić information content (AvgIpc) is 3.10. The third-order valence-electron chi connectivity index (χ3n) is 7.77. The molecule has 48 heavy (non-hydrogen) atoms. The second-order valence-corrected chi connectivity index (χ2v) is 11.4. The lowest BCUT2D eigenvalue weighted by atomic mass is 10.1. The van der Waals surface area contributed by atoms with Crippen molar-refractivity contribution in [2.24, 2.45) is 0 Å². The number of rotatable bonds is 15. The zero-order valence-electron chi connectivity index (χ0n) is 26.9. The van der Waals surface area contributed by atoms with E-state index in [0.29, 0.717) is 41.4 Å². The molecule has 0 aromatic heterocycles. The number of aryl methyl sites for hydroxylation is 1. The van der Waals surface area contributed by atoms with Crippen molar-refractivity contribution < 1.29 is 38.4 Å². The Hall–Kier alpha value is -5.47. The van der Waals surface area contributed by atoms with Gasteiger partial charge in [0, 0.05) is 12.7 Å². The number of carbonyl (C=O) groups excluding carboxylic acids is 3. The summed E-state index contributed by atoms with van der Waals surface area (Å²) in [4.78, 5) is 37.8. The van der Waals surface area contributed by atoms with E-state index >= 15 is 0 Å². The van der Waals surface area contributed by atoms with E-state index in [0.717, 1.165) is 71.0 Å². The molecule has 0 atom stereocenters. The summed E-state index contributed by atoms with van der Waals surface area (Å²) < 4.78 is 22.6. The number of benzene rings is 5. The standard InChI is InChI=1S/C40H38O8/c1-3-9-31-26-36(47-39(43)32-12-10-29-24-34(16-14-27(29)22-32)45-21-8-6-5-7-20-41)18-19-37(31)48-40(44)33-13-11-30-25-35(46-38(42)4-2)17-15-28(30)23-33/h4,10-19,22-26,41H,2-3,5-9,20-21H2,1H3. The minimum absolute atomic E-state index is 0.223. The van der Waals surface area contributed by atoms with Gasteiger partial charge in [0.15, 0.2) is 0 Å². The molecule has 0 aliphatic carbocycles. The number of carbonyl (C=O) groups is 3. The van der Waals surface area contributed by atoms with Gasteiger partial charge in [-0.15, -0.1) is 0 Å². The summed E-state index contributed by atoms with van der Waals surface area (Å²) in [6, 6.07) is 26.4. The predicted octanol–water partition coefficient (Wildman–Crippen LogP) is 8.41. The summed E-state index contributed by atoms with van der Waals surface area (Å²) in [7, 11) is 0. The van der Waals surface area contributed by atoms with E-state index in [9.17, 15) is 14.4 Å². The first kappa shape index (κ1) is 33.9. The Labute approximate surface area is 279 Å². The molecular formula is C40H38O8. The zero-order valence-corrected chi connectivity index (χ0v) is 26.9. The average molecular weight is 647 g/mol. The van der Waals surface area contributed by atoms with Crippen LogP contribution >= 0.6 is 0 Å². The first-order valence-electron chi connectivity index (χ1n) is 16.1. The second kappa shape index (κ2) is 16.4. The summed E-state index contributed by atoms with van der Waals surface area (Å²) in [5.41, 5.74) is 1.51. The molecule has 0 radical (unpaired) electrons. The van der Waals surface area contributed by atoms with Crippen LogP contribution in [0, 0.1) is 0 Å². The van der Waals surface area contributed by atoms with Gasteiger partial charge in [-0.1, -0.05) is 50.6 Å². The van der Waals surface area contributed by atoms with Crippen LogP contribution in [0.5, 0.6) is 23.0 Å². The molecule has 5 aromatic rings. The van der Waals surface area contributed by atoms with Crippen LogP contribution in [0.1, 0.15) is 65.3 Å². The third kappa shape index (κ3) is 8.86. The number of unbranched alkanes of at least 4 members (excludes halogenated alkanes) is 3. The fourth-order valence-corrected chi connectivity index (χ4v) is 5.28. The smallest absolute Gasteiger partial charge is 0.343 e. The first-order valence-corrected chi connectivity index (χ1v) is 16.1. The van der Waals surface area contributed by atoms with E-state index in [4.69, 9.17) is 24.1 Å². The molecular weight excluding hydrogens is 608 g/mol. The van der Waals surface area contributed by atoms with Crippen LogP contribution in [0.15, 0.2) is 104 Å². The van der Waals surface area contributed by atoms with Crippen molar-refractivity contribution in [1.82, 2.24) is 0 Å². The Balaban J connectivity index is 1.23. The maximum absolute atomic E-state index is 13.1. The topological polar surface area (TPSA) is 108 Å². The Morgan fingerprint density at radius 2 is 1.21 bits per heavy atom. The van der Waals surface area contributed by atoms with Crippen LogP contribution in [-0.2, 0) is 11.2 Å². The number of hydrogen-bond acceptors (Lipinski definition) is 8. The van der Waals surface area contributed by atoms with Crippen LogP contribution in [-0.4, -0.2) is 36.2 Å². The largest absolute Gasteiger partial charge is 0.494 e. The van der Waals surface area contributed by atoms with E-state index in [1.165, 1.54) is 0 Å². The zero-order chi connectivity index (χ0) is 33.9. The monoisotopic (exact) mass is 646 g/mol. The van der Waals surface area contributed by atoms with Gasteiger partial charge in [-0.2, -0.15) is 0 Å². The molecule has 8 heteroatoms. The molecule has 0 aliphatic heterocycles. The van der Waals surface area contributed by atoms with Crippen molar-refractivity contribution >= 4 is 39.5 Å². The Morgan fingerprint density at radius 1 is 0.646 bits per heavy atom. The fraction of sp³-hybridized carbons (Fsp3) is 0.225. The predicted molar refractivity (Wildman–Crippen MR) is 185 cm³/mol. The fourth-order valence-electron chi connectivity index (χ4n) is 5.28. The van der Waals surface area contributed by atoms with Gasteiger partial charge in [-0.05, 0) is 120 Å². The van der Waals surface area contributed by atoms with Crippen LogP contribution in [0.3, 0.4) is 0 Å². The SMILES string of the molecule is C=CC(=O)Oc1ccc2cc(C(=O)Oc3ccc(OC(=O)c4ccc5cc(OCCCCCCO)ccc5c4)cc3CCC)ccc2c1. The van der Waals surface area contributed by atoms with Gasteiger partial charge in [0.1, 0.15) is 23.0 Å². The van der Waals surface area contributed by atoms with E-state index in [1.54, 1.807) is 66.7 Å². The third-order valence-corrected chi connectivity index (χ3v) is 7.77. The molecule has 8 nitrogen and oxygen atoms in total. The molecule has 0 fully saturated rings. The van der Waals surface area contributed by atoms with E-state index in [2.05, 4.69) is 6.58 Å². The molecule has 0 spiro atoms. The maximum Gasteiger partial charge on any atom is 0.343 e. The summed E-state index contributed by atoms with van der Waals surface area (Å²) >= 11 is 0. The molecule has 5 rings (SSSR count). The van der Waals surface area contributed by atoms with Crippen molar-refractivity contribution in [3.05, 3.63) is 120 Å². The molecule has 5 aromatic carbocycles.